The van der Waals surface area contributed by atoms with E-state index in [0.717, 1.165) is 11.3 Å². The standard InChI is InChI=1S/C17H19N5O3/c18-8-13(10-1-2-15(23)12(7-10)17(24)25)16(19)22-6-4-14-11(9-22)3-5-20-21-14/h1-3,5,7,13,19,23H,4,6,8-9,18H2,(H,24,25)/t13-/m0/s1. The average Bonchev–Trinajstić information content (AvgIpc) is 2.62. The zero-order valence-electron chi connectivity index (χ0n) is 13.5. The Labute approximate surface area is 144 Å². The lowest BCUT2D eigenvalue weighted by Gasteiger charge is -2.33. The van der Waals surface area contributed by atoms with Gasteiger partial charge in [-0.1, -0.05) is 6.07 Å². The number of aromatic carboxylic acids is 1. The predicted octanol–water partition coefficient (Wildman–Crippen LogP) is 0.958. The quantitative estimate of drug-likeness (QED) is 0.480. The number of nitrogens with zero attached hydrogens (tertiary/aromatic N) is 3. The van der Waals surface area contributed by atoms with Crippen LogP contribution in [0.5, 0.6) is 5.75 Å². The van der Waals surface area contributed by atoms with Gasteiger partial charge in [0.25, 0.3) is 0 Å². The molecule has 1 aliphatic heterocycles. The molecule has 0 aliphatic carbocycles. The number of amidine groups is 1. The van der Waals surface area contributed by atoms with Gasteiger partial charge in [-0.25, -0.2) is 4.79 Å². The molecule has 1 aliphatic rings. The molecular weight excluding hydrogens is 322 g/mol. The van der Waals surface area contributed by atoms with Crippen molar-refractivity contribution >= 4 is 11.8 Å². The molecule has 0 unspecified atom stereocenters. The van der Waals surface area contributed by atoms with Gasteiger partial charge in [-0.15, -0.1) is 0 Å². The number of rotatable bonds is 4. The van der Waals surface area contributed by atoms with E-state index in [9.17, 15) is 15.0 Å². The van der Waals surface area contributed by atoms with Crippen LogP contribution in [0.1, 0.15) is 33.1 Å². The number of nitrogens with one attached hydrogen (secondary N) is 1. The summed E-state index contributed by atoms with van der Waals surface area (Å²) in [6.45, 7) is 1.34. The van der Waals surface area contributed by atoms with Gasteiger partial charge in [-0.05, 0) is 29.3 Å². The summed E-state index contributed by atoms with van der Waals surface area (Å²) in [5.41, 5.74) is 8.24. The molecule has 2 heterocycles. The fourth-order valence-electron chi connectivity index (χ4n) is 3.04. The van der Waals surface area contributed by atoms with Crippen molar-refractivity contribution in [2.24, 2.45) is 5.73 Å². The van der Waals surface area contributed by atoms with Gasteiger partial charge in [0, 0.05) is 32.3 Å². The Morgan fingerprint density at radius 2 is 2.20 bits per heavy atom. The molecule has 0 bridgehead atoms. The first kappa shape index (κ1) is 16.8. The summed E-state index contributed by atoms with van der Waals surface area (Å²) in [5.74, 6) is -1.64. The highest BCUT2D eigenvalue weighted by Gasteiger charge is 2.26. The molecule has 3 rings (SSSR count). The number of phenols is 1. The number of fused-ring (bicyclic) bond motifs is 1. The van der Waals surface area contributed by atoms with Crippen LogP contribution in [0.2, 0.25) is 0 Å². The molecule has 130 valence electrons. The number of carboxylic acid groups (broad SMARTS) is 1. The molecule has 0 fully saturated rings. The van der Waals surface area contributed by atoms with E-state index in [4.69, 9.17) is 11.1 Å². The van der Waals surface area contributed by atoms with Crippen molar-refractivity contribution in [3.63, 3.8) is 0 Å². The first-order valence-corrected chi connectivity index (χ1v) is 7.90. The summed E-state index contributed by atoms with van der Waals surface area (Å²) in [6, 6.07) is 6.21. The molecule has 0 spiro atoms. The number of aromatic hydroxyl groups is 1. The van der Waals surface area contributed by atoms with E-state index < -0.39 is 11.9 Å². The largest absolute Gasteiger partial charge is 0.507 e. The Balaban J connectivity index is 1.85. The highest BCUT2D eigenvalue weighted by molar-refractivity contribution is 5.92. The van der Waals surface area contributed by atoms with E-state index in [1.54, 1.807) is 12.3 Å². The van der Waals surface area contributed by atoms with Crippen LogP contribution in [-0.2, 0) is 13.0 Å². The molecule has 25 heavy (non-hydrogen) atoms. The number of nitrogens with two attached hydrogens (primary N) is 1. The van der Waals surface area contributed by atoms with E-state index in [1.807, 2.05) is 11.0 Å². The minimum atomic E-state index is -1.22. The summed E-state index contributed by atoms with van der Waals surface area (Å²) in [4.78, 5) is 13.1. The third kappa shape index (κ3) is 3.29. The molecule has 0 radical (unpaired) electrons. The number of aromatic nitrogens is 2. The van der Waals surface area contributed by atoms with Gasteiger partial charge in [0.2, 0.25) is 0 Å². The Morgan fingerprint density at radius 1 is 1.40 bits per heavy atom. The Bertz CT molecular complexity index is 824. The van der Waals surface area contributed by atoms with Crippen LogP contribution in [0.4, 0.5) is 0 Å². The zero-order chi connectivity index (χ0) is 18.0. The molecule has 1 aromatic heterocycles. The normalized spacial score (nSPS) is 14.7. The fraction of sp³-hybridized carbons (Fsp3) is 0.294. The summed E-state index contributed by atoms with van der Waals surface area (Å²) >= 11 is 0. The lowest BCUT2D eigenvalue weighted by atomic mass is 9.94. The number of hydrogen-bond acceptors (Lipinski definition) is 6. The van der Waals surface area contributed by atoms with Crippen molar-refractivity contribution < 1.29 is 15.0 Å². The Kier molecular flexibility index (Phi) is 4.62. The smallest absolute Gasteiger partial charge is 0.339 e. The van der Waals surface area contributed by atoms with Crippen molar-refractivity contribution in [2.45, 2.75) is 18.9 Å². The molecule has 8 nitrogen and oxygen atoms in total. The summed E-state index contributed by atoms with van der Waals surface area (Å²) < 4.78 is 0. The van der Waals surface area contributed by atoms with Crippen molar-refractivity contribution in [3.8, 4) is 5.75 Å². The van der Waals surface area contributed by atoms with Crippen LogP contribution in [0, 0.1) is 5.41 Å². The second-order valence-corrected chi connectivity index (χ2v) is 5.93. The Morgan fingerprint density at radius 3 is 2.92 bits per heavy atom. The third-order valence-corrected chi connectivity index (χ3v) is 4.43. The van der Waals surface area contributed by atoms with Crippen LogP contribution in [0.25, 0.3) is 0 Å². The van der Waals surface area contributed by atoms with Crippen LogP contribution in [-0.4, -0.2) is 50.2 Å². The number of benzene rings is 1. The second-order valence-electron chi connectivity index (χ2n) is 5.93. The van der Waals surface area contributed by atoms with E-state index in [1.165, 1.54) is 12.1 Å². The van der Waals surface area contributed by atoms with E-state index in [-0.39, 0.29) is 17.9 Å². The first-order chi connectivity index (χ1) is 12.0. The van der Waals surface area contributed by atoms with Crippen molar-refractivity contribution in [2.75, 3.05) is 13.1 Å². The number of carboxylic acids is 1. The maximum Gasteiger partial charge on any atom is 0.339 e. The maximum atomic E-state index is 11.2. The second kappa shape index (κ2) is 6.86. The van der Waals surface area contributed by atoms with E-state index in [0.29, 0.717) is 30.9 Å². The molecule has 0 amide bonds. The highest BCUT2D eigenvalue weighted by atomic mass is 16.4. The topological polar surface area (TPSA) is 136 Å². The first-order valence-electron chi connectivity index (χ1n) is 7.90. The zero-order valence-corrected chi connectivity index (χ0v) is 13.5. The maximum absolute atomic E-state index is 11.2. The van der Waals surface area contributed by atoms with Crippen LogP contribution < -0.4 is 5.73 Å². The van der Waals surface area contributed by atoms with Gasteiger partial charge in [0.05, 0.1) is 11.6 Å². The molecule has 0 saturated carbocycles. The third-order valence-electron chi connectivity index (χ3n) is 4.43. The molecule has 0 saturated heterocycles. The monoisotopic (exact) mass is 341 g/mol. The van der Waals surface area contributed by atoms with Gasteiger partial charge >= 0.3 is 5.97 Å². The van der Waals surface area contributed by atoms with Gasteiger partial charge in [0.1, 0.15) is 17.1 Å². The summed E-state index contributed by atoms with van der Waals surface area (Å²) in [5, 5.41) is 35.4. The number of carbonyl (C=O) groups is 1. The average molecular weight is 341 g/mol. The molecular formula is C17H19N5O3. The number of hydrogen-bond donors (Lipinski definition) is 4. The van der Waals surface area contributed by atoms with Gasteiger partial charge in [0.15, 0.2) is 0 Å². The lowest BCUT2D eigenvalue weighted by Crippen LogP contribution is -2.41. The van der Waals surface area contributed by atoms with Gasteiger partial charge < -0.3 is 20.8 Å². The molecule has 1 atom stereocenters. The lowest BCUT2D eigenvalue weighted by molar-refractivity contribution is 0.0693. The highest BCUT2D eigenvalue weighted by Crippen LogP contribution is 2.26. The van der Waals surface area contributed by atoms with Crippen molar-refractivity contribution in [1.29, 1.82) is 5.41 Å². The molecule has 5 N–H and O–H groups in total. The fourth-order valence-corrected chi connectivity index (χ4v) is 3.04. The van der Waals surface area contributed by atoms with Crippen molar-refractivity contribution in [1.82, 2.24) is 15.1 Å². The Hall–Kier alpha value is -3.00. The van der Waals surface area contributed by atoms with Crippen LogP contribution in [0.3, 0.4) is 0 Å². The van der Waals surface area contributed by atoms with Gasteiger partial charge in [-0.3, -0.25) is 5.41 Å². The minimum absolute atomic E-state index is 0.167. The predicted molar refractivity (Wildman–Crippen MR) is 90.7 cm³/mol. The van der Waals surface area contributed by atoms with Crippen molar-refractivity contribution in [3.05, 3.63) is 52.8 Å². The molecule has 2 aromatic rings. The van der Waals surface area contributed by atoms with Gasteiger partial charge in [-0.2, -0.15) is 10.2 Å². The summed E-state index contributed by atoms with van der Waals surface area (Å²) in [7, 11) is 0. The van der Waals surface area contributed by atoms with Crippen LogP contribution >= 0.6 is 0 Å². The molecule has 1 aromatic carbocycles. The molecule has 8 heteroatoms. The summed E-state index contributed by atoms with van der Waals surface area (Å²) in [6.07, 6.45) is 2.32. The minimum Gasteiger partial charge on any atom is -0.507 e. The van der Waals surface area contributed by atoms with E-state index >= 15 is 0 Å². The van der Waals surface area contributed by atoms with Crippen LogP contribution in [0.15, 0.2) is 30.5 Å². The SMILES string of the molecule is N=C([C@@H](CN)c1ccc(O)c(C(=O)O)c1)N1CCc2nnccc2C1. The van der Waals surface area contributed by atoms with E-state index in [2.05, 4.69) is 10.2 Å².